The molecule has 1 aromatic rings. The van der Waals surface area contributed by atoms with Gasteiger partial charge in [0.05, 0.1) is 11.8 Å². The van der Waals surface area contributed by atoms with Crippen molar-refractivity contribution in [2.24, 2.45) is 5.10 Å². The zero-order valence-corrected chi connectivity index (χ0v) is 15.0. The summed E-state index contributed by atoms with van der Waals surface area (Å²) in [7, 11) is 0. The normalized spacial score (nSPS) is 16.3. The molecule has 0 aliphatic carbocycles. The quantitative estimate of drug-likeness (QED) is 0.677. The Labute approximate surface area is 139 Å². The number of hydrogen-bond donors (Lipinski definition) is 1. The number of carbonyl (C=O) groups excluding carboxylic acids is 1. The fourth-order valence-corrected chi connectivity index (χ4v) is 3.21. The van der Waals surface area contributed by atoms with E-state index in [-0.39, 0.29) is 11.4 Å². The van der Waals surface area contributed by atoms with Crippen molar-refractivity contribution in [1.29, 1.82) is 0 Å². The standard InChI is InChI=1S/C19H27N3O/c1-7-8-22-18-9-13(2)16(12-20-21-15(4)23)10-17(18)14(3)11-19(22,5)6/h9-12H,7-8H2,1-6H3,(H,21,23)/b20-12-. The summed E-state index contributed by atoms with van der Waals surface area (Å²) in [6.45, 7) is 13.5. The van der Waals surface area contributed by atoms with Crippen LogP contribution >= 0.6 is 0 Å². The van der Waals surface area contributed by atoms with E-state index < -0.39 is 0 Å². The lowest BCUT2D eigenvalue weighted by Gasteiger charge is -2.43. The van der Waals surface area contributed by atoms with E-state index >= 15 is 0 Å². The van der Waals surface area contributed by atoms with Gasteiger partial charge in [0.1, 0.15) is 0 Å². The second-order valence-electron chi connectivity index (χ2n) is 6.78. The van der Waals surface area contributed by atoms with Crippen LogP contribution in [0.4, 0.5) is 5.69 Å². The number of anilines is 1. The van der Waals surface area contributed by atoms with E-state index in [1.165, 1.54) is 23.7 Å². The van der Waals surface area contributed by atoms with E-state index in [1.54, 1.807) is 6.21 Å². The van der Waals surface area contributed by atoms with Crippen molar-refractivity contribution in [3.05, 3.63) is 34.9 Å². The lowest BCUT2D eigenvalue weighted by molar-refractivity contribution is -0.118. The Balaban J connectivity index is 2.48. The van der Waals surface area contributed by atoms with E-state index in [0.717, 1.165) is 24.1 Å². The summed E-state index contributed by atoms with van der Waals surface area (Å²) in [5.41, 5.74) is 8.48. The van der Waals surface area contributed by atoms with Crippen LogP contribution in [0.1, 0.15) is 57.7 Å². The van der Waals surface area contributed by atoms with Gasteiger partial charge in [0, 0.05) is 24.7 Å². The molecule has 0 bridgehead atoms. The summed E-state index contributed by atoms with van der Waals surface area (Å²) in [6, 6.07) is 4.40. The Morgan fingerprint density at radius 1 is 1.35 bits per heavy atom. The van der Waals surface area contributed by atoms with E-state index in [4.69, 9.17) is 0 Å². The number of nitrogens with zero attached hydrogens (tertiary/aromatic N) is 2. The molecule has 4 nitrogen and oxygen atoms in total. The molecule has 0 fully saturated rings. The number of aryl methyl sites for hydroxylation is 1. The smallest absolute Gasteiger partial charge is 0.236 e. The van der Waals surface area contributed by atoms with Crippen molar-refractivity contribution in [2.75, 3.05) is 11.4 Å². The summed E-state index contributed by atoms with van der Waals surface area (Å²) in [5.74, 6) is -0.163. The zero-order chi connectivity index (χ0) is 17.2. The first-order chi connectivity index (χ1) is 10.8. The van der Waals surface area contributed by atoms with Crippen LogP contribution in [0.5, 0.6) is 0 Å². The van der Waals surface area contributed by atoms with Crippen LogP contribution in [0, 0.1) is 6.92 Å². The molecule has 0 aromatic heterocycles. The highest BCUT2D eigenvalue weighted by Gasteiger charge is 2.30. The molecule has 0 saturated heterocycles. The summed E-state index contributed by atoms with van der Waals surface area (Å²) < 4.78 is 0. The molecule has 0 radical (unpaired) electrons. The molecule has 0 spiro atoms. The summed E-state index contributed by atoms with van der Waals surface area (Å²) in [4.78, 5) is 13.4. The first-order valence-corrected chi connectivity index (χ1v) is 8.18. The van der Waals surface area contributed by atoms with E-state index in [2.05, 4.69) is 68.3 Å². The molecule has 0 saturated carbocycles. The average Bonchev–Trinajstić information content (AvgIpc) is 2.43. The molecule has 4 heteroatoms. The maximum atomic E-state index is 10.9. The lowest BCUT2D eigenvalue weighted by Crippen LogP contribution is -2.45. The minimum atomic E-state index is -0.163. The number of fused-ring (bicyclic) bond motifs is 1. The first kappa shape index (κ1) is 17.3. The predicted molar refractivity (Wildman–Crippen MR) is 98.0 cm³/mol. The highest BCUT2D eigenvalue weighted by atomic mass is 16.2. The third-order valence-electron chi connectivity index (χ3n) is 4.24. The molecule has 23 heavy (non-hydrogen) atoms. The number of amides is 1. The molecule has 1 N–H and O–H groups in total. The van der Waals surface area contributed by atoms with Crippen LogP contribution in [0.25, 0.3) is 5.57 Å². The highest BCUT2D eigenvalue weighted by molar-refractivity contribution is 5.90. The molecule has 1 heterocycles. The molecule has 1 aliphatic heterocycles. The Hall–Kier alpha value is -2.10. The fraction of sp³-hybridized carbons (Fsp3) is 0.474. The summed E-state index contributed by atoms with van der Waals surface area (Å²) in [6.07, 6.45) is 5.16. The maximum absolute atomic E-state index is 10.9. The number of benzene rings is 1. The van der Waals surface area contributed by atoms with Crippen LogP contribution in [0.2, 0.25) is 0 Å². The van der Waals surface area contributed by atoms with Crippen molar-refractivity contribution in [2.45, 2.75) is 53.5 Å². The minimum absolute atomic E-state index is 0.0192. The van der Waals surface area contributed by atoms with Crippen molar-refractivity contribution in [3.63, 3.8) is 0 Å². The second kappa shape index (κ2) is 6.57. The van der Waals surface area contributed by atoms with Gasteiger partial charge in [-0.15, -0.1) is 0 Å². The van der Waals surface area contributed by atoms with Gasteiger partial charge in [-0.25, -0.2) is 5.43 Å². The number of nitrogens with one attached hydrogen (secondary N) is 1. The zero-order valence-electron chi connectivity index (χ0n) is 15.0. The Bertz CT molecular complexity index is 671. The molecule has 0 unspecified atom stereocenters. The van der Waals surface area contributed by atoms with Crippen molar-refractivity contribution in [3.8, 4) is 0 Å². The van der Waals surface area contributed by atoms with Gasteiger partial charge >= 0.3 is 0 Å². The predicted octanol–water partition coefficient (Wildman–Crippen LogP) is 3.88. The molecular weight excluding hydrogens is 286 g/mol. The average molecular weight is 313 g/mol. The van der Waals surface area contributed by atoms with Crippen LogP contribution in [-0.4, -0.2) is 24.2 Å². The van der Waals surface area contributed by atoms with Gasteiger partial charge in [0.15, 0.2) is 0 Å². The molecule has 1 aromatic carbocycles. The third kappa shape index (κ3) is 3.63. The van der Waals surface area contributed by atoms with Crippen LogP contribution in [0.15, 0.2) is 23.3 Å². The van der Waals surface area contributed by atoms with Gasteiger partial charge in [-0.05, 0) is 62.9 Å². The Kier molecular flexibility index (Phi) is 4.93. The SMILES string of the molecule is CCCN1c2cc(C)c(/C=N\NC(C)=O)cc2C(C)=CC1(C)C. The topological polar surface area (TPSA) is 44.7 Å². The number of rotatable bonds is 4. The number of hydrogen-bond acceptors (Lipinski definition) is 3. The molecule has 1 aliphatic rings. The van der Waals surface area contributed by atoms with Crippen molar-refractivity contribution >= 4 is 23.4 Å². The first-order valence-electron chi connectivity index (χ1n) is 8.18. The lowest BCUT2D eigenvalue weighted by atomic mass is 9.87. The number of carbonyl (C=O) groups is 1. The van der Waals surface area contributed by atoms with Gasteiger partial charge in [-0.3, -0.25) is 4.79 Å². The fourth-order valence-electron chi connectivity index (χ4n) is 3.21. The Morgan fingerprint density at radius 3 is 2.65 bits per heavy atom. The van der Waals surface area contributed by atoms with Gasteiger partial charge in [0.2, 0.25) is 5.91 Å². The largest absolute Gasteiger partial charge is 0.362 e. The third-order valence-corrected chi connectivity index (χ3v) is 4.24. The number of hydrazone groups is 1. The van der Waals surface area contributed by atoms with Crippen LogP contribution < -0.4 is 10.3 Å². The van der Waals surface area contributed by atoms with E-state index in [1.807, 2.05) is 0 Å². The Morgan fingerprint density at radius 2 is 2.04 bits per heavy atom. The van der Waals surface area contributed by atoms with Crippen molar-refractivity contribution < 1.29 is 4.79 Å². The minimum Gasteiger partial charge on any atom is -0.362 e. The number of allylic oxidation sites excluding steroid dienone is 1. The van der Waals surface area contributed by atoms with Gasteiger partial charge in [-0.2, -0.15) is 5.10 Å². The van der Waals surface area contributed by atoms with E-state index in [9.17, 15) is 4.79 Å². The monoisotopic (exact) mass is 313 g/mol. The highest BCUT2D eigenvalue weighted by Crippen LogP contribution is 2.40. The van der Waals surface area contributed by atoms with Gasteiger partial charge < -0.3 is 4.90 Å². The summed E-state index contributed by atoms with van der Waals surface area (Å²) in [5, 5.41) is 4.00. The molecule has 2 rings (SSSR count). The van der Waals surface area contributed by atoms with Crippen molar-refractivity contribution in [1.82, 2.24) is 5.43 Å². The molecular formula is C19H27N3O. The second-order valence-corrected chi connectivity index (χ2v) is 6.78. The maximum Gasteiger partial charge on any atom is 0.236 e. The van der Waals surface area contributed by atoms with Crippen LogP contribution in [0.3, 0.4) is 0 Å². The summed E-state index contributed by atoms with van der Waals surface area (Å²) >= 11 is 0. The van der Waals surface area contributed by atoms with Crippen LogP contribution in [-0.2, 0) is 4.79 Å². The van der Waals surface area contributed by atoms with Gasteiger partial charge in [0.25, 0.3) is 0 Å². The van der Waals surface area contributed by atoms with E-state index in [0.29, 0.717) is 0 Å². The molecule has 1 amide bonds. The molecule has 124 valence electrons. The molecule has 0 atom stereocenters. The van der Waals surface area contributed by atoms with Gasteiger partial charge in [-0.1, -0.05) is 13.0 Å².